The van der Waals surface area contributed by atoms with Crippen molar-refractivity contribution in [3.63, 3.8) is 0 Å². The van der Waals surface area contributed by atoms with E-state index < -0.39 is 50.8 Å². The molecule has 1 heterocycles. The summed E-state index contributed by atoms with van der Waals surface area (Å²) >= 11 is 0. The highest BCUT2D eigenvalue weighted by molar-refractivity contribution is 7.54. The summed E-state index contributed by atoms with van der Waals surface area (Å²) in [6.07, 6.45) is -3.65. The van der Waals surface area contributed by atoms with Crippen LogP contribution in [0.5, 0.6) is 0 Å². The van der Waals surface area contributed by atoms with Crippen LogP contribution in [-0.2, 0) is 9.09 Å². The van der Waals surface area contributed by atoms with Crippen LogP contribution in [0.2, 0.25) is 0 Å². The van der Waals surface area contributed by atoms with Crippen molar-refractivity contribution in [3.8, 4) is 0 Å². The molecule has 5 atom stereocenters. The van der Waals surface area contributed by atoms with E-state index in [1.165, 1.54) is 6.92 Å². The lowest BCUT2D eigenvalue weighted by molar-refractivity contribution is -0.0434. The molecule has 1 aliphatic rings. The van der Waals surface area contributed by atoms with Gasteiger partial charge < -0.3 is 24.7 Å². The van der Waals surface area contributed by atoms with Crippen molar-refractivity contribution < 1.29 is 38.1 Å². The summed E-state index contributed by atoms with van der Waals surface area (Å²) in [4.78, 5) is 9.15. The second-order valence-corrected chi connectivity index (χ2v) is 5.84. The third kappa shape index (κ3) is 2.57. The van der Waals surface area contributed by atoms with Gasteiger partial charge in [0.15, 0.2) is 0 Å². The van der Waals surface area contributed by atoms with E-state index in [0.717, 1.165) is 0 Å². The van der Waals surface area contributed by atoms with E-state index in [1.54, 1.807) is 0 Å². The van der Waals surface area contributed by atoms with Gasteiger partial charge in [-0.2, -0.15) is 8.78 Å². The Morgan fingerprint density at radius 2 is 1.94 bits per heavy atom. The van der Waals surface area contributed by atoms with Crippen LogP contribution in [0.3, 0.4) is 0 Å². The van der Waals surface area contributed by atoms with Crippen molar-refractivity contribution in [2.24, 2.45) is 0 Å². The fourth-order valence-corrected chi connectivity index (χ4v) is 2.87. The van der Waals surface area contributed by atoms with Gasteiger partial charge in [-0.25, -0.2) is 0 Å². The molecule has 1 rings (SSSR count). The standard InChI is InChI=1S/C8H16F2NO6P/c1-2-17-18(15,16)8(9,10)7-6(14)5(13)4(3-12)11-7/h4-7,11-14H,2-3H2,1H3,(H,15,16)/t4-,5-,6+,7+/m1/s1. The van der Waals surface area contributed by atoms with Gasteiger partial charge in [0.2, 0.25) is 0 Å². The summed E-state index contributed by atoms with van der Waals surface area (Å²) in [5.74, 6) is 0. The minimum Gasteiger partial charge on any atom is -0.395 e. The van der Waals surface area contributed by atoms with E-state index in [2.05, 4.69) is 4.52 Å². The average Bonchev–Trinajstić information content (AvgIpc) is 2.56. The second kappa shape index (κ2) is 5.46. The first-order chi connectivity index (χ1) is 8.19. The van der Waals surface area contributed by atoms with Crippen LogP contribution in [-0.4, -0.2) is 63.4 Å². The van der Waals surface area contributed by atoms with Crippen molar-refractivity contribution in [2.75, 3.05) is 13.2 Å². The number of alkyl halides is 2. The summed E-state index contributed by atoms with van der Waals surface area (Å²) in [6, 6.07) is -3.37. The van der Waals surface area contributed by atoms with Gasteiger partial charge in [-0.05, 0) is 6.92 Å². The summed E-state index contributed by atoms with van der Waals surface area (Å²) in [6.45, 7) is 0.163. The van der Waals surface area contributed by atoms with Gasteiger partial charge in [0.05, 0.1) is 25.4 Å². The van der Waals surface area contributed by atoms with Crippen molar-refractivity contribution in [2.45, 2.75) is 36.9 Å². The van der Waals surface area contributed by atoms with Crippen LogP contribution >= 0.6 is 7.60 Å². The average molecular weight is 291 g/mol. The Hall–Kier alpha value is -0.150. The quantitative estimate of drug-likeness (QED) is 0.406. The third-order valence-corrected chi connectivity index (χ3v) is 4.39. The van der Waals surface area contributed by atoms with Gasteiger partial charge in [0.1, 0.15) is 12.1 Å². The van der Waals surface area contributed by atoms with Crippen molar-refractivity contribution in [1.82, 2.24) is 5.32 Å². The number of nitrogens with one attached hydrogen (secondary N) is 1. The Kier molecular flexibility index (Phi) is 4.82. The molecule has 0 saturated carbocycles. The molecular weight excluding hydrogens is 275 g/mol. The molecule has 5 N–H and O–H groups in total. The monoisotopic (exact) mass is 291 g/mol. The molecule has 0 aromatic rings. The fraction of sp³-hybridized carbons (Fsp3) is 1.00. The third-order valence-electron chi connectivity index (χ3n) is 2.75. The van der Waals surface area contributed by atoms with Gasteiger partial charge in [0.25, 0.3) is 0 Å². The molecule has 10 heteroatoms. The highest BCUT2D eigenvalue weighted by Gasteiger charge is 2.63. The molecule has 0 spiro atoms. The SMILES string of the molecule is CCOP(=O)(O)C(F)(F)[C@H]1N[C@H](CO)[C@@H](O)[C@@H]1O. The van der Waals surface area contributed by atoms with E-state index in [9.17, 15) is 23.6 Å². The zero-order valence-corrected chi connectivity index (χ0v) is 10.4. The van der Waals surface area contributed by atoms with E-state index in [1.807, 2.05) is 5.32 Å². The summed E-state index contributed by atoms with van der Waals surface area (Å²) < 4.78 is 43.0. The molecule has 0 aromatic heterocycles. The minimum absolute atomic E-state index is 0.405. The number of hydrogen-bond acceptors (Lipinski definition) is 6. The molecule has 18 heavy (non-hydrogen) atoms. The molecular formula is C8H16F2NO6P. The topological polar surface area (TPSA) is 119 Å². The molecule has 0 aromatic carbocycles. The summed E-state index contributed by atoms with van der Waals surface area (Å²) in [5, 5.41) is 29.6. The lowest BCUT2D eigenvalue weighted by Gasteiger charge is -2.28. The number of halogens is 2. The van der Waals surface area contributed by atoms with Gasteiger partial charge in [0, 0.05) is 0 Å². The van der Waals surface area contributed by atoms with Crippen LogP contribution in [0.4, 0.5) is 8.78 Å². The van der Waals surface area contributed by atoms with Crippen LogP contribution < -0.4 is 5.32 Å². The van der Waals surface area contributed by atoms with Crippen LogP contribution in [0.15, 0.2) is 0 Å². The Balaban J connectivity index is 2.96. The number of hydrogen-bond donors (Lipinski definition) is 5. The molecule has 0 radical (unpaired) electrons. The Labute approximate surface area is 102 Å². The number of rotatable bonds is 5. The van der Waals surface area contributed by atoms with E-state index in [0.29, 0.717) is 0 Å². The van der Waals surface area contributed by atoms with Gasteiger partial charge in [-0.15, -0.1) is 0 Å². The lowest BCUT2D eigenvalue weighted by Crippen LogP contribution is -2.48. The number of aliphatic hydroxyl groups is 3. The van der Waals surface area contributed by atoms with E-state index in [-0.39, 0.29) is 0 Å². The molecule has 108 valence electrons. The van der Waals surface area contributed by atoms with Gasteiger partial charge >= 0.3 is 13.3 Å². The first kappa shape index (κ1) is 15.9. The largest absolute Gasteiger partial charge is 0.398 e. The smallest absolute Gasteiger partial charge is 0.395 e. The second-order valence-electron chi connectivity index (χ2n) is 3.94. The molecule has 1 fully saturated rings. The van der Waals surface area contributed by atoms with Crippen molar-refractivity contribution >= 4 is 7.60 Å². The maximum atomic E-state index is 13.8. The van der Waals surface area contributed by atoms with Crippen molar-refractivity contribution in [3.05, 3.63) is 0 Å². The molecule has 0 bridgehead atoms. The Morgan fingerprint density at radius 3 is 2.33 bits per heavy atom. The van der Waals surface area contributed by atoms with Crippen LogP contribution in [0.1, 0.15) is 6.92 Å². The first-order valence-electron chi connectivity index (χ1n) is 5.27. The normalized spacial score (nSPS) is 36.6. The Bertz CT molecular complexity index is 344. The zero-order chi connectivity index (χ0) is 14.1. The molecule has 7 nitrogen and oxygen atoms in total. The fourth-order valence-electron chi connectivity index (χ4n) is 1.77. The van der Waals surface area contributed by atoms with E-state index in [4.69, 9.17) is 10.00 Å². The van der Waals surface area contributed by atoms with Crippen LogP contribution in [0.25, 0.3) is 0 Å². The predicted molar refractivity (Wildman–Crippen MR) is 56.2 cm³/mol. The Morgan fingerprint density at radius 1 is 1.39 bits per heavy atom. The summed E-state index contributed by atoms with van der Waals surface area (Å²) in [5.41, 5.74) is -4.28. The molecule has 1 unspecified atom stereocenters. The molecule has 0 aliphatic carbocycles. The first-order valence-corrected chi connectivity index (χ1v) is 6.85. The highest BCUT2D eigenvalue weighted by atomic mass is 31.2. The predicted octanol–water partition coefficient (Wildman–Crippen LogP) is -1.14. The molecule has 0 amide bonds. The molecule has 1 saturated heterocycles. The zero-order valence-electron chi connectivity index (χ0n) is 9.53. The van der Waals surface area contributed by atoms with Crippen LogP contribution in [0, 0.1) is 0 Å². The number of aliphatic hydroxyl groups excluding tert-OH is 3. The summed E-state index contributed by atoms with van der Waals surface area (Å²) in [7, 11) is -5.29. The van der Waals surface area contributed by atoms with Gasteiger partial charge in [-0.3, -0.25) is 9.88 Å². The minimum atomic E-state index is -5.29. The highest BCUT2D eigenvalue weighted by Crippen LogP contribution is 2.60. The maximum absolute atomic E-state index is 13.8. The van der Waals surface area contributed by atoms with E-state index >= 15 is 0 Å². The van der Waals surface area contributed by atoms with Gasteiger partial charge in [-0.1, -0.05) is 0 Å². The molecule has 1 aliphatic heterocycles. The lowest BCUT2D eigenvalue weighted by atomic mass is 10.1. The van der Waals surface area contributed by atoms with Crippen molar-refractivity contribution in [1.29, 1.82) is 0 Å². The maximum Gasteiger partial charge on any atom is 0.398 e.